The van der Waals surface area contributed by atoms with Gasteiger partial charge in [-0.1, -0.05) is 32.1 Å². The molecule has 104 valence electrons. The average molecular weight is 272 g/mol. The third-order valence-corrected chi connectivity index (χ3v) is 4.37. The summed E-state index contributed by atoms with van der Waals surface area (Å²) in [7, 11) is 0. The molecule has 0 aromatic heterocycles. The number of hydrogen-bond donors (Lipinski definition) is 2. The molecule has 1 fully saturated rings. The molecular formula is C13H24N2O2S. The lowest BCUT2D eigenvalue weighted by molar-refractivity contribution is -0.125. The van der Waals surface area contributed by atoms with Gasteiger partial charge in [0.1, 0.15) is 0 Å². The van der Waals surface area contributed by atoms with Gasteiger partial charge in [0.25, 0.3) is 0 Å². The number of rotatable bonds is 5. The summed E-state index contributed by atoms with van der Waals surface area (Å²) in [5.41, 5.74) is 5.08. The molecule has 1 atom stereocenters. The summed E-state index contributed by atoms with van der Waals surface area (Å²) in [6, 6.07) is 0. The fourth-order valence-electron chi connectivity index (χ4n) is 2.29. The zero-order valence-corrected chi connectivity index (χ0v) is 11.9. The summed E-state index contributed by atoms with van der Waals surface area (Å²) in [4.78, 5) is 22.7. The molecule has 0 aliphatic heterocycles. The molecule has 0 heterocycles. The van der Waals surface area contributed by atoms with Crippen molar-refractivity contribution in [1.29, 1.82) is 0 Å². The Labute approximate surface area is 113 Å². The van der Waals surface area contributed by atoms with Gasteiger partial charge in [0.05, 0.1) is 11.1 Å². The van der Waals surface area contributed by atoms with Crippen molar-refractivity contribution < 1.29 is 9.59 Å². The van der Waals surface area contributed by atoms with Gasteiger partial charge >= 0.3 is 0 Å². The van der Waals surface area contributed by atoms with Crippen LogP contribution in [-0.4, -0.2) is 22.9 Å². The lowest BCUT2D eigenvalue weighted by Gasteiger charge is -2.21. The van der Waals surface area contributed by atoms with Crippen molar-refractivity contribution in [3.8, 4) is 0 Å². The Morgan fingerprint density at radius 1 is 1.22 bits per heavy atom. The van der Waals surface area contributed by atoms with E-state index in [2.05, 4.69) is 5.32 Å². The van der Waals surface area contributed by atoms with Crippen LogP contribution in [0.3, 0.4) is 0 Å². The molecule has 2 amide bonds. The van der Waals surface area contributed by atoms with E-state index in [1.54, 1.807) is 0 Å². The molecule has 0 saturated heterocycles. The highest BCUT2D eigenvalue weighted by atomic mass is 32.2. The first-order valence-corrected chi connectivity index (χ1v) is 7.84. The topological polar surface area (TPSA) is 72.2 Å². The molecule has 18 heavy (non-hydrogen) atoms. The highest BCUT2D eigenvalue weighted by Crippen LogP contribution is 2.22. The third kappa shape index (κ3) is 6.28. The highest BCUT2D eigenvalue weighted by molar-refractivity contribution is 8.00. The number of thioether (sulfide) groups is 1. The SMILES string of the molecule is CC(NC(=O)C1CCCCCCC1)SCC(N)=O. The van der Waals surface area contributed by atoms with Crippen molar-refractivity contribution >= 4 is 23.6 Å². The fourth-order valence-corrected chi connectivity index (χ4v) is 2.90. The highest BCUT2D eigenvalue weighted by Gasteiger charge is 2.20. The summed E-state index contributed by atoms with van der Waals surface area (Å²) >= 11 is 1.38. The zero-order chi connectivity index (χ0) is 13.4. The molecular weight excluding hydrogens is 248 g/mol. The van der Waals surface area contributed by atoms with Gasteiger partial charge < -0.3 is 11.1 Å². The van der Waals surface area contributed by atoms with Gasteiger partial charge in [-0.15, -0.1) is 11.8 Å². The Kier molecular flexibility index (Phi) is 7.16. The van der Waals surface area contributed by atoms with E-state index in [0.717, 1.165) is 25.7 Å². The van der Waals surface area contributed by atoms with Crippen LogP contribution in [0, 0.1) is 5.92 Å². The lowest BCUT2D eigenvalue weighted by atomic mass is 9.90. The van der Waals surface area contributed by atoms with Crippen LogP contribution in [0.2, 0.25) is 0 Å². The fraction of sp³-hybridized carbons (Fsp3) is 0.846. The molecule has 5 heteroatoms. The van der Waals surface area contributed by atoms with Crippen LogP contribution in [0.5, 0.6) is 0 Å². The molecule has 1 aliphatic carbocycles. The van der Waals surface area contributed by atoms with E-state index < -0.39 is 0 Å². The van der Waals surface area contributed by atoms with E-state index in [-0.39, 0.29) is 28.9 Å². The van der Waals surface area contributed by atoms with Gasteiger partial charge in [0, 0.05) is 5.92 Å². The molecule has 4 nitrogen and oxygen atoms in total. The van der Waals surface area contributed by atoms with Crippen LogP contribution in [-0.2, 0) is 9.59 Å². The van der Waals surface area contributed by atoms with Gasteiger partial charge in [-0.2, -0.15) is 0 Å². The molecule has 0 bridgehead atoms. The maximum absolute atomic E-state index is 12.1. The van der Waals surface area contributed by atoms with Crippen LogP contribution < -0.4 is 11.1 Å². The van der Waals surface area contributed by atoms with Crippen LogP contribution in [0.15, 0.2) is 0 Å². The first-order valence-electron chi connectivity index (χ1n) is 6.80. The normalized spacial score (nSPS) is 19.6. The van der Waals surface area contributed by atoms with Crippen molar-refractivity contribution in [3.05, 3.63) is 0 Å². The second kappa shape index (κ2) is 8.40. The largest absolute Gasteiger partial charge is 0.369 e. The molecule has 0 aromatic carbocycles. The summed E-state index contributed by atoms with van der Waals surface area (Å²) < 4.78 is 0. The molecule has 0 aromatic rings. The third-order valence-electron chi connectivity index (χ3n) is 3.30. The number of hydrogen-bond acceptors (Lipinski definition) is 3. The lowest BCUT2D eigenvalue weighted by Crippen LogP contribution is -2.36. The predicted octanol–water partition coefficient (Wildman–Crippen LogP) is 2.03. The van der Waals surface area contributed by atoms with Gasteiger partial charge in [-0.25, -0.2) is 0 Å². The summed E-state index contributed by atoms with van der Waals surface area (Å²) in [6.07, 6.45) is 8.10. The first kappa shape index (κ1) is 15.3. The van der Waals surface area contributed by atoms with Crippen molar-refractivity contribution in [2.75, 3.05) is 5.75 Å². The van der Waals surface area contributed by atoms with Crippen molar-refractivity contribution in [1.82, 2.24) is 5.32 Å². The summed E-state index contributed by atoms with van der Waals surface area (Å²) in [6.45, 7) is 1.90. The summed E-state index contributed by atoms with van der Waals surface area (Å²) in [5, 5.41) is 2.92. The Balaban J connectivity index is 2.30. The molecule has 1 saturated carbocycles. The van der Waals surface area contributed by atoms with Crippen molar-refractivity contribution in [3.63, 3.8) is 0 Å². The molecule has 3 N–H and O–H groups in total. The minimum Gasteiger partial charge on any atom is -0.369 e. The Morgan fingerprint density at radius 2 is 1.78 bits per heavy atom. The summed E-state index contributed by atoms with van der Waals surface area (Å²) in [5.74, 6) is 0.210. The maximum Gasteiger partial charge on any atom is 0.227 e. The number of nitrogens with two attached hydrogens (primary N) is 1. The second-order valence-electron chi connectivity index (χ2n) is 4.97. The maximum atomic E-state index is 12.1. The van der Waals surface area contributed by atoms with E-state index in [1.807, 2.05) is 6.92 Å². The van der Waals surface area contributed by atoms with Crippen molar-refractivity contribution in [2.24, 2.45) is 11.7 Å². The van der Waals surface area contributed by atoms with E-state index in [4.69, 9.17) is 5.73 Å². The van der Waals surface area contributed by atoms with Gasteiger partial charge in [0.15, 0.2) is 0 Å². The smallest absolute Gasteiger partial charge is 0.227 e. The van der Waals surface area contributed by atoms with Gasteiger partial charge in [-0.3, -0.25) is 9.59 Å². The average Bonchev–Trinajstić information content (AvgIpc) is 2.25. The monoisotopic (exact) mass is 272 g/mol. The van der Waals surface area contributed by atoms with E-state index in [0.29, 0.717) is 0 Å². The van der Waals surface area contributed by atoms with Gasteiger partial charge in [0.2, 0.25) is 11.8 Å². The molecule has 1 rings (SSSR count). The number of carbonyl (C=O) groups is 2. The van der Waals surface area contributed by atoms with Gasteiger partial charge in [-0.05, 0) is 19.8 Å². The quantitative estimate of drug-likeness (QED) is 0.752. The van der Waals surface area contributed by atoms with Crippen LogP contribution in [0.4, 0.5) is 0 Å². The minimum absolute atomic E-state index is 0.0459. The van der Waals surface area contributed by atoms with Crippen LogP contribution >= 0.6 is 11.8 Å². The molecule has 0 radical (unpaired) electrons. The minimum atomic E-state index is -0.341. The number of nitrogens with one attached hydrogen (secondary N) is 1. The molecule has 1 unspecified atom stereocenters. The first-order chi connectivity index (χ1) is 8.59. The number of amides is 2. The second-order valence-corrected chi connectivity index (χ2v) is 6.30. The van der Waals surface area contributed by atoms with E-state index in [9.17, 15) is 9.59 Å². The van der Waals surface area contributed by atoms with Crippen LogP contribution in [0.1, 0.15) is 51.9 Å². The van der Waals surface area contributed by atoms with E-state index in [1.165, 1.54) is 31.0 Å². The number of primary amides is 1. The molecule has 1 aliphatic rings. The van der Waals surface area contributed by atoms with E-state index >= 15 is 0 Å². The Hall–Kier alpha value is -0.710. The Bertz CT molecular complexity index is 276. The standard InChI is InChI=1S/C13H24N2O2S/c1-10(18-9-12(14)16)15-13(17)11-7-5-3-2-4-6-8-11/h10-11H,2-9H2,1H3,(H2,14,16)(H,15,17). The van der Waals surface area contributed by atoms with Crippen LogP contribution in [0.25, 0.3) is 0 Å². The zero-order valence-electron chi connectivity index (χ0n) is 11.1. The molecule has 0 spiro atoms. The Morgan fingerprint density at radius 3 is 2.33 bits per heavy atom. The predicted molar refractivity (Wildman–Crippen MR) is 75.1 cm³/mol. The van der Waals surface area contributed by atoms with Crippen molar-refractivity contribution in [2.45, 2.75) is 57.2 Å². The number of carbonyl (C=O) groups excluding carboxylic acids is 2.